The predicted molar refractivity (Wildman–Crippen MR) is 74.7 cm³/mol. The summed E-state index contributed by atoms with van der Waals surface area (Å²) < 4.78 is 0. The molecule has 2 aromatic rings. The molecule has 0 fully saturated rings. The first kappa shape index (κ1) is 12.4. The molecule has 0 saturated carbocycles. The lowest BCUT2D eigenvalue weighted by atomic mass is 10.1. The van der Waals surface area contributed by atoms with Crippen LogP contribution < -0.4 is 5.32 Å². The van der Waals surface area contributed by atoms with E-state index >= 15 is 0 Å². The molecule has 0 saturated heterocycles. The van der Waals surface area contributed by atoms with Gasteiger partial charge >= 0.3 is 0 Å². The van der Waals surface area contributed by atoms with E-state index in [-0.39, 0.29) is 5.91 Å². The van der Waals surface area contributed by atoms with E-state index in [4.69, 9.17) is 0 Å². The van der Waals surface area contributed by atoms with Crippen molar-refractivity contribution in [2.75, 3.05) is 6.54 Å². The summed E-state index contributed by atoms with van der Waals surface area (Å²) in [4.78, 5) is 15.1. The minimum absolute atomic E-state index is 0.0282. The summed E-state index contributed by atoms with van der Waals surface area (Å²) in [5, 5.41) is 3.95. The molecule has 3 nitrogen and oxygen atoms in total. The van der Waals surface area contributed by atoms with Gasteiger partial charge in [-0.3, -0.25) is 4.79 Å². The van der Waals surface area contributed by atoms with E-state index in [2.05, 4.69) is 42.0 Å². The number of hydrogen-bond donors (Lipinski definition) is 2. The van der Waals surface area contributed by atoms with Crippen LogP contribution in [0.5, 0.6) is 0 Å². The van der Waals surface area contributed by atoms with Crippen molar-refractivity contribution in [3.8, 4) is 0 Å². The highest BCUT2D eigenvalue weighted by Crippen LogP contribution is 2.23. The molecule has 0 radical (unpaired) electrons. The molecule has 1 aromatic carbocycles. The molecule has 94 valence electrons. The largest absolute Gasteiger partial charge is 0.358 e. The maximum atomic E-state index is 11.8. The fourth-order valence-corrected chi connectivity index (χ4v) is 2.13. The van der Waals surface area contributed by atoms with Crippen LogP contribution in [0.4, 0.5) is 0 Å². The summed E-state index contributed by atoms with van der Waals surface area (Å²) in [7, 11) is 0. The number of aromatic amines is 1. The summed E-state index contributed by atoms with van der Waals surface area (Å²) in [5.74, 6) is 0.0282. The minimum Gasteiger partial charge on any atom is -0.358 e. The quantitative estimate of drug-likeness (QED) is 0.795. The highest BCUT2D eigenvalue weighted by atomic mass is 16.1. The van der Waals surface area contributed by atoms with Gasteiger partial charge in [-0.25, -0.2) is 0 Å². The standard InChI is InChI=1S/C15H18N2O/c1-4-7-16-15(18)9-12-11(3)17-14-6-5-10(2)8-13(12)14/h4-6,8,17H,1,7,9H2,2-3H3,(H,16,18). The topological polar surface area (TPSA) is 44.9 Å². The van der Waals surface area contributed by atoms with Crippen LogP contribution in [-0.4, -0.2) is 17.4 Å². The molecule has 2 N–H and O–H groups in total. The molecule has 3 heteroatoms. The fraction of sp³-hybridized carbons (Fsp3) is 0.267. The smallest absolute Gasteiger partial charge is 0.224 e. The Hall–Kier alpha value is -2.03. The first-order valence-corrected chi connectivity index (χ1v) is 6.07. The second-order valence-electron chi connectivity index (χ2n) is 4.55. The third-order valence-electron chi connectivity index (χ3n) is 3.06. The van der Waals surface area contributed by atoms with E-state index in [0.717, 1.165) is 22.2 Å². The molecule has 1 amide bonds. The number of carbonyl (C=O) groups excluding carboxylic acids is 1. The maximum Gasteiger partial charge on any atom is 0.224 e. The fourth-order valence-electron chi connectivity index (χ4n) is 2.13. The Bertz CT molecular complexity index is 596. The van der Waals surface area contributed by atoms with E-state index in [9.17, 15) is 4.79 Å². The first-order chi connectivity index (χ1) is 8.61. The molecule has 0 aliphatic carbocycles. The van der Waals surface area contributed by atoms with Crippen molar-refractivity contribution >= 4 is 16.8 Å². The van der Waals surface area contributed by atoms with Crippen LogP contribution in [0.2, 0.25) is 0 Å². The van der Waals surface area contributed by atoms with Gasteiger partial charge < -0.3 is 10.3 Å². The van der Waals surface area contributed by atoms with E-state index in [1.165, 1.54) is 5.56 Å². The van der Waals surface area contributed by atoms with Gasteiger partial charge in [-0.05, 0) is 31.5 Å². The number of benzene rings is 1. The van der Waals surface area contributed by atoms with Gasteiger partial charge in [-0.15, -0.1) is 6.58 Å². The lowest BCUT2D eigenvalue weighted by Crippen LogP contribution is -2.25. The van der Waals surface area contributed by atoms with Crippen LogP contribution in [0, 0.1) is 13.8 Å². The SMILES string of the molecule is C=CCNC(=O)Cc1c(C)[nH]c2ccc(C)cc12. The number of aromatic nitrogens is 1. The third kappa shape index (κ3) is 2.45. The van der Waals surface area contributed by atoms with Crippen LogP contribution in [0.1, 0.15) is 16.8 Å². The highest BCUT2D eigenvalue weighted by molar-refractivity contribution is 5.90. The normalized spacial score (nSPS) is 10.6. The van der Waals surface area contributed by atoms with Crippen molar-refractivity contribution in [3.63, 3.8) is 0 Å². The molecular weight excluding hydrogens is 224 g/mol. The second kappa shape index (κ2) is 5.08. The molecule has 0 atom stereocenters. The highest BCUT2D eigenvalue weighted by Gasteiger charge is 2.11. The van der Waals surface area contributed by atoms with Crippen LogP contribution >= 0.6 is 0 Å². The molecule has 2 rings (SSSR count). The summed E-state index contributed by atoms with van der Waals surface area (Å²) in [6.07, 6.45) is 2.09. The van der Waals surface area contributed by atoms with E-state index in [1.54, 1.807) is 6.08 Å². The van der Waals surface area contributed by atoms with Crippen LogP contribution in [0.3, 0.4) is 0 Å². The zero-order chi connectivity index (χ0) is 13.1. The van der Waals surface area contributed by atoms with Crippen molar-refractivity contribution < 1.29 is 4.79 Å². The Kier molecular flexibility index (Phi) is 3.51. The molecular formula is C15H18N2O. The van der Waals surface area contributed by atoms with Gasteiger partial charge in [0.1, 0.15) is 0 Å². The van der Waals surface area contributed by atoms with Crippen molar-refractivity contribution in [1.29, 1.82) is 0 Å². The van der Waals surface area contributed by atoms with Crippen molar-refractivity contribution in [2.45, 2.75) is 20.3 Å². The Balaban J connectivity index is 2.32. The van der Waals surface area contributed by atoms with E-state index in [1.807, 2.05) is 6.92 Å². The molecule has 1 heterocycles. The number of aryl methyl sites for hydroxylation is 2. The van der Waals surface area contributed by atoms with E-state index < -0.39 is 0 Å². The minimum atomic E-state index is 0.0282. The number of H-pyrrole nitrogens is 1. The van der Waals surface area contributed by atoms with Crippen LogP contribution in [0.15, 0.2) is 30.9 Å². The monoisotopic (exact) mass is 242 g/mol. The van der Waals surface area contributed by atoms with Gasteiger partial charge in [-0.1, -0.05) is 17.7 Å². The molecule has 0 aliphatic heterocycles. The Labute approximate surface area is 107 Å². The number of hydrogen-bond acceptors (Lipinski definition) is 1. The molecule has 0 spiro atoms. The summed E-state index contributed by atoms with van der Waals surface area (Å²) in [6, 6.07) is 6.25. The van der Waals surface area contributed by atoms with Gasteiger partial charge in [0.05, 0.1) is 6.42 Å². The van der Waals surface area contributed by atoms with Crippen LogP contribution in [-0.2, 0) is 11.2 Å². The lowest BCUT2D eigenvalue weighted by molar-refractivity contribution is -0.120. The summed E-state index contributed by atoms with van der Waals surface area (Å²) >= 11 is 0. The first-order valence-electron chi connectivity index (χ1n) is 6.07. The van der Waals surface area contributed by atoms with Gasteiger partial charge in [-0.2, -0.15) is 0 Å². The molecule has 0 unspecified atom stereocenters. The van der Waals surface area contributed by atoms with E-state index in [0.29, 0.717) is 13.0 Å². The Morgan fingerprint density at radius 3 is 2.94 bits per heavy atom. The number of rotatable bonds is 4. The zero-order valence-electron chi connectivity index (χ0n) is 10.8. The zero-order valence-corrected chi connectivity index (χ0v) is 10.8. The van der Waals surface area contributed by atoms with Gasteiger partial charge in [0.25, 0.3) is 0 Å². The van der Waals surface area contributed by atoms with Gasteiger partial charge in [0.15, 0.2) is 0 Å². The average molecular weight is 242 g/mol. The molecule has 0 bridgehead atoms. The number of nitrogens with one attached hydrogen (secondary N) is 2. The average Bonchev–Trinajstić information content (AvgIpc) is 2.63. The Morgan fingerprint density at radius 2 is 2.22 bits per heavy atom. The van der Waals surface area contributed by atoms with Crippen LogP contribution in [0.25, 0.3) is 10.9 Å². The summed E-state index contributed by atoms with van der Waals surface area (Å²) in [5.41, 5.74) is 4.43. The summed E-state index contributed by atoms with van der Waals surface area (Å²) in [6.45, 7) is 8.17. The van der Waals surface area contributed by atoms with Gasteiger partial charge in [0.2, 0.25) is 5.91 Å². The molecule has 1 aromatic heterocycles. The van der Waals surface area contributed by atoms with Crippen molar-refractivity contribution in [3.05, 3.63) is 47.7 Å². The van der Waals surface area contributed by atoms with Gasteiger partial charge in [0, 0.05) is 23.1 Å². The number of carbonyl (C=O) groups is 1. The Morgan fingerprint density at radius 1 is 1.44 bits per heavy atom. The number of amides is 1. The predicted octanol–water partition coefficient (Wildman–Crippen LogP) is 2.63. The van der Waals surface area contributed by atoms with Crippen molar-refractivity contribution in [1.82, 2.24) is 10.3 Å². The second-order valence-corrected chi connectivity index (χ2v) is 4.55. The third-order valence-corrected chi connectivity index (χ3v) is 3.06. The van der Waals surface area contributed by atoms with Crippen molar-refractivity contribution in [2.24, 2.45) is 0 Å². The molecule has 0 aliphatic rings. The molecule has 18 heavy (non-hydrogen) atoms. The maximum absolute atomic E-state index is 11.8. The lowest BCUT2D eigenvalue weighted by Gasteiger charge is -2.03. The number of fused-ring (bicyclic) bond motifs is 1.